The quantitative estimate of drug-likeness (QED) is 0.248. The number of allylic oxidation sites excluding steroid dienone is 2. The van der Waals surface area contributed by atoms with Gasteiger partial charge in [-0.15, -0.1) is 0 Å². The molecule has 1 aliphatic heterocycles. The molecule has 3 saturated carbocycles. The van der Waals surface area contributed by atoms with Gasteiger partial charge >= 0.3 is 10.4 Å². The Bertz CT molecular complexity index is 1030. The van der Waals surface area contributed by atoms with Crippen molar-refractivity contribution >= 4 is 10.4 Å². The molecule has 5 rings (SSSR count). The molecule has 1 saturated heterocycles. The molecule has 5 aliphatic rings. The predicted octanol–water partition coefficient (Wildman–Crippen LogP) is 1.96. The summed E-state index contributed by atoms with van der Waals surface area (Å²) in [6.07, 6.45) is -0.0844. The highest BCUT2D eigenvalue weighted by Crippen LogP contribution is 2.66. The lowest BCUT2D eigenvalue weighted by atomic mass is 9.48. The first kappa shape index (κ1) is 28.9. The van der Waals surface area contributed by atoms with E-state index < -0.39 is 47.2 Å². The fourth-order valence-corrected chi connectivity index (χ4v) is 9.62. The van der Waals surface area contributed by atoms with Gasteiger partial charge in [-0.3, -0.25) is 4.55 Å². The minimum atomic E-state index is -4.87. The number of ether oxygens (including phenoxy) is 2. The largest absolute Gasteiger partial charge is 0.397 e. The van der Waals surface area contributed by atoms with E-state index in [1.165, 1.54) is 12.5 Å². The Morgan fingerprint density at radius 1 is 1.08 bits per heavy atom. The second-order valence-electron chi connectivity index (χ2n) is 13.0. The lowest BCUT2D eigenvalue weighted by Gasteiger charge is -2.59. The highest BCUT2D eigenvalue weighted by molar-refractivity contribution is 7.80. The molecule has 0 aromatic carbocycles. The van der Waals surface area contributed by atoms with E-state index in [1.807, 2.05) is 6.92 Å². The third-order valence-electron chi connectivity index (χ3n) is 11.0. The van der Waals surface area contributed by atoms with Gasteiger partial charge in [-0.25, -0.2) is 4.18 Å². The highest BCUT2D eigenvalue weighted by atomic mass is 32.3. The number of hydrogen-bond acceptors (Lipinski definition) is 9. The summed E-state index contributed by atoms with van der Waals surface area (Å²) in [6, 6.07) is 0. The number of aliphatic hydroxyl groups is 4. The number of fused-ring (bicyclic) bond motifs is 5. The topological polar surface area (TPSA) is 163 Å². The summed E-state index contributed by atoms with van der Waals surface area (Å²) >= 11 is 0. The number of aliphatic hydroxyl groups excluding tert-OH is 4. The molecule has 11 heteroatoms. The van der Waals surface area contributed by atoms with Crippen LogP contribution < -0.4 is 0 Å². The van der Waals surface area contributed by atoms with E-state index in [-0.39, 0.29) is 40.8 Å². The molecule has 0 bridgehead atoms. The summed E-state index contributed by atoms with van der Waals surface area (Å²) in [7, 11) is -4.87. The van der Waals surface area contributed by atoms with Crippen molar-refractivity contribution in [3.8, 4) is 0 Å². The molecule has 4 aliphatic carbocycles. The van der Waals surface area contributed by atoms with Gasteiger partial charge in [0.1, 0.15) is 18.3 Å². The maximum absolute atomic E-state index is 11.2. The molecule has 5 N–H and O–H groups in total. The molecule has 0 radical (unpaired) electrons. The Kier molecular flexibility index (Phi) is 7.62. The second kappa shape index (κ2) is 10.0. The van der Waals surface area contributed by atoms with Gasteiger partial charge in [0.25, 0.3) is 0 Å². The second-order valence-corrected chi connectivity index (χ2v) is 14.1. The van der Waals surface area contributed by atoms with Crippen LogP contribution in [0.2, 0.25) is 0 Å². The van der Waals surface area contributed by atoms with Crippen molar-refractivity contribution in [3.05, 3.63) is 11.6 Å². The monoisotopic (exact) mass is 560 g/mol. The van der Waals surface area contributed by atoms with Gasteiger partial charge in [-0.1, -0.05) is 25.5 Å². The van der Waals surface area contributed by atoms with Gasteiger partial charge in [0.2, 0.25) is 0 Å². The summed E-state index contributed by atoms with van der Waals surface area (Å²) in [5, 5.41) is 42.7. The van der Waals surface area contributed by atoms with E-state index >= 15 is 0 Å². The van der Waals surface area contributed by atoms with Crippen LogP contribution in [-0.4, -0.2) is 82.4 Å². The van der Waals surface area contributed by atoms with Crippen molar-refractivity contribution in [2.45, 2.75) is 122 Å². The fraction of sp³-hybridized carbons (Fsp3) is 0.926. The molecule has 218 valence electrons. The molecular weight excluding hydrogens is 516 g/mol. The zero-order valence-corrected chi connectivity index (χ0v) is 23.5. The molecule has 1 heterocycles. The average Bonchev–Trinajstić information content (AvgIpc) is 3.18. The summed E-state index contributed by atoms with van der Waals surface area (Å²) in [4.78, 5) is 0. The molecule has 14 atom stereocenters. The van der Waals surface area contributed by atoms with E-state index in [2.05, 4.69) is 24.1 Å². The maximum Gasteiger partial charge on any atom is 0.397 e. The number of hydrogen-bond donors (Lipinski definition) is 5. The van der Waals surface area contributed by atoms with Crippen molar-refractivity contribution in [3.63, 3.8) is 0 Å². The van der Waals surface area contributed by atoms with Gasteiger partial charge in [0.15, 0.2) is 6.29 Å². The Hall–Kier alpha value is -0.630. The van der Waals surface area contributed by atoms with Crippen LogP contribution in [0.15, 0.2) is 11.6 Å². The highest BCUT2D eigenvalue weighted by Gasteiger charge is 2.61. The first-order valence-electron chi connectivity index (χ1n) is 14.0. The van der Waals surface area contributed by atoms with Crippen molar-refractivity contribution in [1.82, 2.24) is 0 Å². The van der Waals surface area contributed by atoms with Crippen LogP contribution in [0.5, 0.6) is 0 Å². The van der Waals surface area contributed by atoms with E-state index in [1.54, 1.807) is 0 Å². The van der Waals surface area contributed by atoms with Crippen molar-refractivity contribution in [2.24, 2.45) is 34.5 Å². The van der Waals surface area contributed by atoms with E-state index in [0.717, 1.165) is 25.7 Å². The SMILES string of the molecule is CC1OC(O[C@H]2CC3C(=CCC4(C)C3CCC4[C@@H](C)O)C3(C)CCC(O)CC23)C(O)C(O)C1OS(=O)(=O)O. The van der Waals surface area contributed by atoms with Crippen molar-refractivity contribution in [1.29, 1.82) is 0 Å². The average molecular weight is 561 g/mol. The Labute approximate surface area is 225 Å². The minimum absolute atomic E-state index is 0.0177. The summed E-state index contributed by atoms with van der Waals surface area (Å²) in [5.74, 6) is 0.814. The van der Waals surface area contributed by atoms with E-state index in [0.29, 0.717) is 25.2 Å². The molecule has 10 nitrogen and oxygen atoms in total. The number of rotatable bonds is 5. The third kappa shape index (κ3) is 4.79. The van der Waals surface area contributed by atoms with Crippen LogP contribution in [0.3, 0.4) is 0 Å². The zero-order chi connectivity index (χ0) is 27.8. The summed E-state index contributed by atoms with van der Waals surface area (Å²) < 4.78 is 48.4. The molecule has 38 heavy (non-hydrogen) atoms. The first-order valence-corrected chi connectivity index (χ1v) is 15.4. The standard InChI is InChI=1S/C27H44O10S/c1-13(28)17-5-6-18-16-12-21(36-25-23(31)22(30)24(14(2)35-25)37-38(32,33)34)20-11-15(29)7-9-27(20,4)19(16)8-10-26(17,18)3/h8,13-18,20-25,28-31H,5-7,9-12H2,1-4H3,(H,32,33,34)/t13-,14?,15?,16?,17?,18?,20?,21+,22?,23?,24?,25?,26?,27?/m1/s1. The predicted molar refractivity (Wildman–Crippen MR) is 136 cm³/mol. The minimum Gasteiger partial charge on any atom is -0.393 e. The van der Waals surface area contributed by atoms with Gasteiger partial charge in [0.05, 0.1) is 24.4 Å². The van der Waals surface area contributed by atoms with Gasteiger partial charge in [-0.2, -0.15) is 8.42 Å². The molecule has 0 aromatic heterocycles. The first-order chi connectivity index (χ1) is 17.7. The lowest BCUT2D eigenvalue weighted by molar-refractivity contribution is -0.312. The Morgan fingerprint density at radius 2 is 1.79 bits per heavy atom. The van der Waals surface area contributed by atoms with Crippen LogP contribution >= 0.6 is 0 Å². The van der Waals surface area contributed by atoms with Crippen molar-refractivity contribution in [2.75, 3.05) is 0 Å². The van der Waals surface area contributed by atoms with Crippen LogP contribution in [0.25, 0.3) is 0 Å². The van der Waals surface area contributed by atoms with Crippen LogP contribution in [0.4, 0.5) is 0 Å². The van der Waals surface area contributed by atoms with E-state index in [9.17, 15) is 28.8 Å². The summed E-state index contributed by atoms with van der Waals surface area (Å²) in [5.41, 5.74) is 1.22. The molecular formula is C27H44O10S. The molecule has 4 fully saturated rings. The summed E-state index contributed by atoms with van der Waals surface area (Å²) in [6.45, 7) is 7.93. The van der Waals surface area contributed by atoms with Crippen LogP contribution in [-0.2, 0) is 24.1 Å². The smallest absolute Gasteiger partial charge is 0.393 e. The third-order valence-corrected chi connectivity index (χ3v) is 11.4. The molecule has 0 aromatic rings. The zero-order valence-electron chi connectivity index (χ0n) is 22.6. The van der Waals surface area contributed by atoms with Crippen molar-refractivity contribution < 1.29 is 47.1 Å². The van der Waals surface area contributed by atoms with E-state index in [4.69, 9.17) is 14.0 Å². The fourth-order valence-electron chi connectivity index (χ4n) is 9.07. The molecule has 0 spiro atoms. The van der Waals surface area contributed by atoms with Crippen LogP contribution in [0, 0.1) is 34.5 Å². The normalized spacial score (nSPS) is 51.9. The van der Waals surface area contributed by atoms with Crippen LogP contribution in [0.1, 0.15) is 72.6 Å². The Balaban J connectivity index is 1.43. The Morgan fingerprint density at radius 3 is 2.45 bits per heavy atom. The van der Waals surface area contributed by atoms with Gasteiger partial charge in [0, 0.05) is 0 Å². The molecule has 0 amide bonds. The molecule has 12 unspecified atom stereocenters. The lowest BCUT2D eigenvalue weighted by Crippen LogP contribution is -2.61. The van der Waals surface area contributed by atoms with Gasteiger partial charge in [-0.05, 0) is 93.3 Å². The maximum atomic E-state index is 11.2. The van der Waals surface area contributed by atoms with Gasteiger partial charge < -0.3 is 29.9 Å².